The summed E-state index contributed by atoms with van der Waals surface area (Å²) in [7, 11) is 0. The van der Waals surface area contributed by atoms with Crippen molar-refractivity contribution in [3.05, 3.63) is 18.7 Å². The lowest BCUT2D eigenvalue weighted by atomic mass is 9.86. The highest BCUT2D eigenvalue weighted by Gasteiger charge is 2.30. The monoisotopic (exact) mass is 204 g/mol. The highest BCUT2D eigenvalue weighted by Crippen LogP contribution is 2.27. The maximum atomic E-state index is 4.09. The quantitative estimate of drug-likeness (QED) is 0.724. The highest BCUT2D eigenvalue weighted by molar-refractivity contribution is 5.42. The van der Waals surface area contributed by atoms with E-state index < -0.39 is 0 Å². The first-order valence-corrected chi connectivity index (χ1v) is 5.62. The van der Waals surface area contributed by atoms with Gasteiger partial charge in [0.1, 0.15) is 6.33 Å². The van der Waals surface area contributed by atoms with E-state index in [4.69, 9.17) is 0 Å². The van der Waals surface area contributed by atoms with Gasteiger partial charge in [-0.15, -0.1) is 0 Å². The summed E-state index contributed by atoms with van der Waals surface area (Å²) in [5.74, 6) is 1.61. The van der Waals surface area contributed by atoms with E-state index >= 15 is 0 Å². The third-order valence-corrected chi connectivity index (χ3v) is 3.40. The van der Waals surface area contributed by atoms with Gasteiger partial charge in [0.25, 0.3) is 0 Å². The smallest absolute Gasteiger partial charge is 0.115 e. The summed E-state index contributed by atoms with van der Waals surface area (Å²) < 4.78 is 0. The second-order valence-electron chi connectivity index (χ2n) is 4.63. The van der Waals surface area contributed by atoms with Gasteiger partial charge in [-0.05, 0) is 31.3 Å². The molecule has 2 atom stereocenters. The van der Waals surface area contributed by atoms with Gasteiger partial charge in [-0.3, -0.25) is 0 Å². The molecule has 4 nitrogen and oxygen atoms in total. The standard InChI is InChI=1S/C11H16N4/c1-9-2-12-3-10(1)7-15(6-9)11-4-13-8-14-5-11/h4-5,8-10,12H,1-3,6-7H2. The summed E-state index contributed by atoms with van der Waals surface area (Å²) in [5.41, 5.74) is 1.18. The molecule has 1 aromatic heterocycles. The zero-order chi connectivity index (χ0) is 10.1. The Morgan fingerprint density at radius 2 is 1.80 bits per heavy atom. The molecule has 3 rings (SSSR count). The summed E-state index contributed by atoms with van der Waals surface area (Å²) in [6.07, 6.45) is 6.82. The van der Waals surface area contributed by atoms with E-state index in [0.717, 1.165) is 24.9 Å². The van der Waals surface area contributed by atoms with Gasteiger partial charge >= 0.3 is 0 Å². The van der Waals surface area contributed by atoms with Gasteiger partial charge in [-0.1, -0.05) is 0 Å². The first kappa shape index (κ1) is 9.09. The minimum atomic E-state index is 0.803. The molecule has 4 heteroatoms. The molecule has 1 aromatic rings. The van der Waals surface area contributed by atoms with Crippen molar-refractivity contribution in [2.45, 2.75) is 6.42 Å². The van der Waals surface area contributed by atoms with Gasteiger partial charge < -0.3 is 10.2 Å². The second-order valence-corrected chi connectivity index (χ2v) is 4.63. The van der Waals surface area contributed by atoms with E-state index in [1.165, 1.54) is 25.2 Å². The van der Waals surface area contributed by atoms with E-state index in [1.54, 1.807) is 6.33 Å². The van der Waals surface area contributed by atoms with E-state index in [2.05, 4.69) is 20.2 Å². The molecule has 2 aliphatic heterocycles. The molecule has 2 unspecified atom stereocenters. The Kier molecular flexibility index (Phi) is 2.29. The molecule has 2 saturated heterocycles. The predicted octanol–water partition coefficient (Wildman–Crippen LogP) is 0.522. The summed E-state index contributed by atoms with van der Waals surface area (Å²) in [6.45, 7) is 4.63. The van der Waals surface area contributed by atoms with Gasteiger partial charge in [0, 0.05) is 13.1 Å². The molecule has 0 saturated carbocycles. The number of hydrogen-bond donors (Lipinski definition) is 1. The van der Waals surface area contributed by atoms with Crippen molar-refractivity contribution < 1.29 is 0 Å². The summed E-state index contributed by atoms with van der Waals surface area (Å²) >= 11 is 0. The third kappa shape index (κ3) is 1.81. The molecule has 3 heterocycles. The summed E-state index contributed by atoms with van der Waals surface area (Å²) in [6, 6.07) is 0. The number of piperidine rings is 2. The van der Waals surface area contributed by atoms with Crippen LogP contribution in [0.25, 0.3) is 0 Å². The number of rotatable bonds is 1. The van der Waals surface area contributed by atoms with Crippen LogP contribution >= 0.6 is 0 Å². The molecule has 0 aliphatic carbocycles. The zero-order valence-corrected chi connectivity index (χ0v) is 8.76. The Labute approximate surface area is 89.7 Å². The molecule has 0 amide bonds. The molecule has 15 heavy (non-hydrogen) atoms. The molecule has 0 spiro atoms. The van der Waals surface area contributed by atoms with Gasteiger partial charge in [0.2, 0.25) is 0 Å². The van der Waals surface area contributed by atoms with Crippen molar-refractivity contribution in [1.29, 1.82) is 0 Å². The van der Waals surface area contributed by atoms with Crippen LogP contribution < -0.4 is 10.2 Å². The van der Waals surface area contributed by atoms with Gasteiger partial charge in [0.05, 0.1) is 18.1 Å². The summed E-state index contributed by atoms with van der Waals surface area (Å²) in [5, 5.41) is 3.50. The molecule has 2 bridgehead atoms. The van der Waals surface area contributed by atoms with E-state index in [1.807, 2.05) is 12.4 Å². The number of hydrogen-bond acceptors (Lipinski definition) is 4. The van der Waals surface area contributed by atoms with Crippen LogP contribution in [0.15, 0.2) is 18.7 Å². The number of fused-ring (bicyclic) bond motifs is 2. The number of nitrogens with zero attached hydrogens (tertiary/aromatic N) is 3. The van der Waals surface area contributed by atoms with Crippen molar-refractivity contribution in [3.8, 4) is 0 Å². The Hall–Kier alpha value is -1.16. The fraction of sp³-hybridized carbons (Fsp3) is 0.636. The summed E-state index contributed by atoms with van der Waals surface area (Å²) in [4.78, 5) is 10.6. The number of nitrogens with one attached hydrogen (secondary N) is 1. The fourth-order valence-electron chi connectivity index (χ4n) is 2.77. The lowest BCUT2D eigenvalue weighted by Crippen LogP contribution is -2.51. The maximum Gasteiger partial charge on any atom is 0.115 e. The Morgan fingerprint density at radius 3 is 2.47 bits per heavy atom. The lowest BCUT2D eigenvalue weighted by Gasteiger charge is -2.42. The van der Waals surface area contributed by atoms with Crippen LogP contribution in [0.5, 0.6) is 0 Å². The zero-order valence-electron chi connectivity index (χ0n) is 8.76. The molecule has 0 radical (unpaired) electrons. The third-order valence-electron chi connectivity index (χ3n) is 3.40. The van der Waals surface area contributed by atoms with Crippen molar-refractivity contribution in [2.24, 2.45) is 11.8 Å². The molecule has 2 fully saturated rings. The van der Waals surface area contributed by atoms with Gasteiger partial charge in [0.15, 0.2) is 0 Å². The van der Waals surface area contributed by atoms with Crippen LogP contribution in [0.2, 0.25) is 0 Å². The first-order chi connectivity index (χ1) is 7.42. The van der Waals surface area contributed by atoms with Crippen LogP contribution in [0.4, 0.5) is 5.69 Å². The van der Waals surface area contributed by atoms with Gasteiger partial charge in [-0.2, -0.15) is 0 Å². The minimum absolute atomic E-state index is 0.803. The first-order valence-electron chi connectivity index (χ1n) is 5.62. The minimum Gasteiger partial charge on any atom is -0.368 e. The fourth-order valence-corrected chi connectivity index (χ4v) is 2.77. The van der Waals surface area contributed by atoms with Crippen LogP contribution in [-0.4, -0.2) is 36.1 Å². The Balaban J connectivity index is 1.78. The molecule has 0 aromatic carbocycles. The number of anilines is 1. The molecular formula is C11H16N4. The number of aromatic nitrogens is 2. The Bertz CT molecular complexity index is 315. The second kappa shape index (κ2) is 3.77. The van der Waals surface area contributed by atoms with Crippen LogP contribution in [0.3, 0.4) is 0 Å². The SMILES string of the molecule is c1ncc(N2CC3CNCC(C3)C2)cn1. The van der Waals surface area contributed by atoms with Crippen LogP contribution in [0.1, 0.15) is 6.42 Å². The van der Waals surface area contributed by atoms with Crippen molar-refractivity contribution in [1.82, 2.24) is 15.3 Å². The Morgan fingerprint density at radius 1 is 1.13 bits per heavy atom. The topological polar surface area (TPSA) is 41.1 Å². The predicted molar refractivity (Wildman–Crippen MR) is 58.7 cm³/mol. The van der Waals surface area contributed by atoms with E-state index in [-0.39, 0.29) is 0 Å². The van der Waals surface area contributed by atoms with Crippen molar-refractivity contribution in [2.75, 3.05) is 31.1 Å². The average molecular weight is 204 g/mol. The lowest BCUT2D eigenvalue weighted by molar-refractivity contribution is 0.249. The average Bonchev–Trinajstić information content (AvgIpc) is 2.30. The normalized spacial score (nSPS) is 30.3. The van der Waals surface area contributed by atoms with Crippen LogP contribution in [-0.2, 0) is 0 Å². The maximum absolute atomic E-state index is 4.09. The van der Waals surface area contributed by atoms with Crippen molar-refractivity contribution >= 4 is 5.69 Å². The van der Waals surface area contributed by atoms with E-state index in [9.17, 15) is 0 Å². The molecule has 1 N–H and O–H groups in total. The highest BCUT2D eigenvalue weighted by atomic mass is 15.2. The molecule has 2 aliphatic rings. The largest absolute Gasteiger partial charge is 0.368 e. The van der Waals surface area contributed by atoms with Gasteiger partial charge in [-0.25, -0.2) is 9.97 Å². The van der Waals surface area contributed by atoms with Crippen LogP contribution in [0, 0.1) is 11.8 Å². The van der Waals surface area contributed by atoms with Crippen molar-refractivity contribution in [3.63, 3.8) is 0 Å². The molecule has 80 valence electrons. The molecular weight excluding hydrogens is 188 g/mol. The van der Waals surface area contributed by atoms with E-state index in [0.29, 0.717) is 0 Å².